The summed E-state index contributed by atoms with van der Waals surface area (Å²) in [4.78, 5) is 12.2. The van der Waals surface area contributed by atoms with E-state index in [0.717, 1.165) is 28.4 Å². The van der Waals surface area contributed by atoms with Gasteiger partial charge in [0.1, 0.15) is 0 Å². The Hall–Kier alpha value is -0.610. The van der Waals surface area contributed by atoms with Crippen LogP contribution < -0.4 is 5.56 Å². The third-order valence-corrected chi connectivity index (χ3v) is 5.07. The largest absolute Gasteiger partial charge is 0.315 e. The first-order valence-corrected chi connectivity index (χ1v) is 9.45. The topological polar surface area (TPSA) is 22.0 Å². The van der Waals surface area contributed by atoms with E-state index in [4.69, 9.17) is 0 Å². The van der Waals surface area contributed by atoms with Gasteiger partial charge in [-0.2, -0.15) is 0 Å². The van der Waals surface area contributed by atoms with Gasteiger partial charge < -0.3 is 4.57 Å². The van der Waals surface area contributed by atoms with Crippen molar-refractivity contribution in [3.63, 3.8) is 0 Å². The average molecular weight is 356 g/mol. The molecule has 2 rings (SSSR count). The summed E-state index contributed by atoms with van der Waals surface area (Å²) in [6.45, 7) is 0.853. The number of hydrogen-bond acceptors (Lipinski definition) is 2. The van der Waals surface area contributed by atoms with Gasteiger partial charge >= 0.3 is 0 Å². The van der Waals surface area contributed by atoms with Crippen LogP contribution in [0.3, 0.4) is 0 Å². The Morgan fingerprint density at radius 3 is 2.45 bits per heavy atom. The van der Waals surface area contributed by atoms with Gasteiger partial charge in [0.25, 0.3) is 5.56 Å². The van der Waals surface area contributed by atoms with Crippen molar-refractivity contribution in [3.05, 3.63) is 34.1 Å². The summed E-state index contributed by atoms with van der Waals surface area (Å²) in [7, 11) is 0. The number of halogens is 1. The summed E-state index contributed by atoms with van der Waals surface area (Å²) in [5, 5.41) is 3.98. The van der Waals surface area contributed by atoms with Crippen LogP contribution in [0.15, 0.2) is 28.5 Å². The molecule has 0 saturated carbocycles. The van der Waals surface area contributed by atoms with E-state index in [-0.39, 0.29) is 5.56 Å². The molecule has 0 saturated heterocycles. The number of nitrogens with zero attached hydrogens (tertiary/aromatic N) is 1. The molecule has 2 nitrogen and oxygen atoms in total. The highest BCUT2D eigenvalue weighted by Crippen LogP contribution is 2.16. The van der Waals surface area contributed by atoms with E-state index in [2.05, 4.69) is 22.0 Å². The number of rotatable bonds is 9. The van der Waals surface area contributed by atoms with Crippen molar-refractivity contribution in [2.75, 3.05) is 5.33 Å². The van der Waals surface area contributed by atoms with E-state index in [1.54, 1.807) is 11.3 Å². The Morgan fingerprint density at radius 2 is 1.70 bits per heavy atom. The molecular weight excluding hydrogens is 334 g/mol. The van der Waals surface area contributed by atoms with E-state index in [9.17, 15) is 4.79 Å². The minimum Gasteiger partial charge on any atom is -0.315 e. The molecule has 20 heavy (non-hydrogen) atoms. The van der Waals surface area contributed by atoms with Crippen LogP contribution in [0.5, 0.6) is 0 Å². The number of fused-ring (bicyclic) bond motifs is 1. The van der Waals surface area contributed by atoms with Crippen LogP contribution in [-0.4, -0.2) is 9.90 Å². The highest BCUT2D eigenvalue weighted by Gasteiger charge is 2.03. The van der Waals surface area contributed by atoms with Gasteiger partial charge in [0.15, 0.2) is 0 Å². The molecule has 0 radical (unpaired) electrons. The summed E-state index contributed by atoms with van der Waals surface area (Å²) < 4.78 is 2.96. The van der Waals surface area contributed by atoms with Crippen molar-refractivity contribution < 1.29 is 0 Å². The van der Waals surface area contributed by atoms with E-state index < -0.39 is 0 Å². The van der Waals surface area contributed by atoms with Crippen LogP contribution in [0.2, 0.25) is 0 Å². The number of pyridine rings is 1. The molecule has 0 N–H and O–H groups in total. The molecule has 0 aliphatic carbocycles. The van der Waals surface area contributed by atoms with Gasteiger partial charge in [-0.1, -0.05) is 48.0 Å². The highest BCUT2D eigenvalue weighted by atomic mass is 79.9. The lowest BCUT2D eigenvalue weighted by atomic mass is 10.1. The summed E-state index contributed by atoms with van der Waals surface area (Å²) in [5.74, 6) is 0. The predicted octanol–water partition coefficient (Wildman–Crippen LogP) is 5.19. The van der Waals surface area contributed by atoms with Crippen molar-refractivity contribution in [2.45, 2.75) is 51.5 Å². The smallest absolute Gasteiger partial charge is 0.259 e. The monoisotopic (exact) mass is 355 g/mol. The van der Waals surface area contributed by atoms with Crippen LogP contribution in [0.4, 0.5) is 0 Å². The molecule has 4 heteroatoms. The average Bonchev–Trinajstić information content (AvgIpc) is 2.93. The number of thiophene rings is 1. The van der Waals surface area contributed by atoms with Crippen LogP contribution in [0, 0.1) is 0 Å². The number of alkyl halides is 1. The van der Waals surface area contributed by atoms with E-state index in [0.29, 0.717) is 0 Å². The van der Waals surface area contributed by atoms with Gasteiger partial charge in [0, 0.05) is 22.8 Å². The fourth-order valence-corrected chi connectivity index (χ4v) is 3.61. The summed E-state index contributed by atoms with van der Waals surface area (Å²) in [6, 6.07) is 3.99. The molecule has 2 heterocycles. The second-order valence-corrected chi connectivity index (χ2v) is 6.92. The van der Waals surface area contributed by atoms with Crippen molar-refractivity contribution in [1.82, 2.24) is 4.57 Å². The molecule has 0 spiro atoms. The van der Waals surface area contributed by atoms with Crippen LogP contribution in [0.25, 0.3) is 10.1 Å². The second kappa shape index (κ2) is 8.63. The van der Waals surface area contributed by atoms with Crippen LogP contribution in [-0.2, 0) is 6.54 Å². The predicted molar refractivity (Wildman–Crippen MR) is 92.2 cm³/mol. The fourth-order valence-electron chi connectivity index (χ4n) is 2.44. The molecule has 0 fully saturated rings. The molecule has 0 atom stereocenters. The van der Waals surface area contributed by atoms with Crippen molar-refractivity contribution >= 4 is 37.4 Å². The van der Waals surface area contributed by atoms with Gasteiger partial charge in [-0.3, -0.25) is 4.79 Å². The molecule has 0 unspecified atom stereocenters. The van der Waals surface area contributed by atoms with Gasteiger partial charge in [-0.15, -0.1) is 11.3 Å². The Morgan fingerprint density at radius 1 is 1.00 bits per heavy atom. The minimum atomic E-state index is 0.168. The van der Waals surface area contributed by atoms with Crippen molar-refractivity contribution in [3.8, 4) is 0 Å². The first-order valence-electron chi connectivity index (χ1n) is 7.45. The Kier molecular flexibility index (Phi) is 6.80. The lowest BCUT2D eigenvalue weighted by molar-refractivity contribution is 0.545. The molecule has 2 aromatic rings. The fraction of sp³-hybridized carbons (Fsp3) is 0.562. The zero-order valence-corrected chi connectivity index (χ0v) is 14.2. The molecule has 0 aromatic carbocycles. The Bertz CT molecular complexity index is 575. The minimum absolute atomic E-state index is 0.168. The van der Waals surface area contributed by atoms with Crippen LogP contribution >= 0.6 is 27.3 Å². The maximum Gasteiger partial charge on any atom is 0.259 e. The van der Waals surface area contributed by atoms with Crippen molar-refractivity contribution in [2.24, 2.45) is 0 Å². The lowest BCUT2D eigenvalue weighted by Gasteiger charge is -2.05. The number of aryl methyl sites for hydroxylation is 1. The molecule has 110 valence electrons. The first-order chi connectivity index (χ1) is 9.83. The maximum absolute atomic E-state index is 12.2. The zero-order chi connectivity index (χ0) is 14.2. The molecule has 0 amide bonds. The third-order valence-electron chi connectivity index (χ3n) is 3.62. The number of hydrogen-bond donors (Lipinski definition) is 0. The Balaban J connectivity index is 1.71. The lowest BCUT2D eigenvalue weighted by Crippen LogP contribution is -2.18. The maximum atomic E-state index is 12.2. The molecular formula is C16H22BrNOS. The quantitative estimate of drug-likeness (QED) is 0.448. The number of aromatic nitrogens is 1. The first kappa shape index (κ1) is 15.8. The van der Waals surface area contributed by atoms with E-state index in [1.165, 1.54) is 38.5 Å². The van der Waals surface area contributed by atoms with Crippen LogP contribution in [0.1, 0.15) is 44.9 Å². The van der Waals surface area contributed by atoms with Gasteiger partial charge in [0.2, 0.25) is 0 Å². The SMILES string of the molecule is O=c1c2ccsc2ccn1CCCCCCCCCBr. The zero-order valence-electron chi connectivity index (χ0n) is 11.8. The van der Waals surface area contributed by atoms with Gasteiger partial charge in [-0.25, -0.2) is 0 Å². The van der Waals surface area contributed by atoms with Crippen molar-refractivity contribution in [1.29, 1.82) is 0 Å². The van der Waals surface area contributed by atoms with E-state index >= 15 is 0 Å². The summed E-state index contributed by atoms with van der Waals surface area (Å²) in [6.07, 6.45) is 10.8. The van der Waals surface area contributed by atoms with Gasteiger partial charge in [-0.05, 0) is 30.4 Å². The summed E-state index contributed by atoms with van der Waals surface area (Å²) >= 11 is 5.09. The molecule has 0 aliphatic heterocycles. The highest BCUT2D eigenvalue weighted by molar-refractivity contribution is 9.09. The number of unbranched alkanes of at least 4 members (excludes halogenated alkanes) is 6. The van der Waals surface area contributed by atoms with Gasteiger partial charge in [0.05, 0.1) is 5.39 Å². The standard InChI is InChI=1S/C16H22BrNOS/c17-10-6-4-2-1-3-5-7-11-18-12-8-15-14(16(18)19)9-13-20-15/h8-9,12-13H,1-7,10-11H2. The summed E-state index contributed by atoms with van der Waals surface area (Å²) in [5.41, 5.74) is 0.168. The molecule has 0 aliphatic rings. The molecule has 0 bridgehead atoms. The van der Waals surface area contributed by atoms with E-state index in [1.807, 2.05) is 22.2 Å². The Labute approximate surface area is 132 Å². The second-order valence-electron chi connectivity index (χ2n) is 5.18. The normalized spacial score (nSPS) is 11.2. The third kappa shape index (κ3) is 4.45. The molecule has 2 aromatic heterocycles.